The van der Waals surface area contributed by atoms with Crippen molar-refractivity contribution in [2.24, 2.45) is 5.73 Å². The van der Waals surface area contributed by atoms with E-state index in [-0.39, 0.29) is 0 Å². The van der Waals surface area contributed by atoms with Crippen LogP contribution in [0.3, 0.4) is 0 Å². The molecule has 0 aromatic heterocycles. The van der Waals surface area contributed by atoms with Gasteiger partial charge >= 0.3 is 6.03 Å². The Bertz CT molecular complexity index is 462. The summed E-state index contributed by atoms with van der Waals surface area (Å²) < 4.78 is 5.45. The number of benzene rings is 1. The van der Waals surface area contributed by atoms with Crippen LogP contribution in [-0.4, -0.2) is 23.1 Å². The molecule has 1 rings (SSSR count). The van der Waals surface area contributed by atoms with E-state index in [4.69, 9.17) is 10.5 Å². The van der Waals surface area contributed by atoms with Gasteiger partial charge in [0.05, 0.1) is 6.10 Å². The molecule has 1 unspecified atom stereocenters. The van der Waals surface area contributed by atoms with Crippen LogP contribution < -0.4 is 15.8 Å². The van der Waals surface area contributed by atoms with Crippen molar-refractivity contribution in [1.82, 2.24) is 5.32 Å². The van der Waals surface area contributed by atoms with Crippen molar-refractivity contribution in [2.75, 3.05) is 0 Å². The fourth-order valence-electron chi connectivity index (χ4n) is 1.55. The summed E-state index contributed by atoms with van der Waals surface area (Å²) >= 11 is 0. The van der Waals surface area contributed by atoms with Gasteiger partial charge in [0.15, 0.2) is 6.10 Å². The molecule has 0 heterocycles. The molecule has 0 aliphatic rings. The zero-order chi connectivity index (χ0) is 14.4. The lowest BCUT2D eigenvalue weighted by molar-refractivity contribution is -0.126. The number of carbonyl (C=O) groups is 2. The van der Waals surface area contributed by atoms with Crippen molar-refractivity contribution >= 4 is 11.9 Å². The third-order valence-corrected chi connectivity index (χ3v) is 2.58. The third-order valence-electron chi connectivity index (χ3n) is 2.58. The monoisotopic (exact) mass is 266 g/mol. The van der Waals surface area contributed by atoms with Crippen LogP contribution in [-0.2, 0) is 4.79 Å². The second-order valence-electron chi connectivity index (χ2n) is 4.08. The minimum atomic E-state index is -0.928. The molecule has 6 nitrogen and oxygen atoms in total. The SMILES string of the molecule is CC[C@H](O)c1ccccc1OC(C)C(=O)NC(N)=O. The topological polar surface area (TPSA) is 102 Å². The molecule has 0 bridgehead atoms. The number of aliphatic hydroxyl groups is 1. The molecule has 104 valence electrons. The Labute approximate surface area is 111 Å². The van der Waals surface area contributed by atoms with Gasteiger partial charge in [0.2, 0.25) is 0 Å². The summed E-state index contributed by atoms with van der Waals surface area (Å²) in [5.41, 5.74) is 5.46. The van der Waals surface area contributed by atoms with Gasteiger partial charge in [-0.2, -0.15) is 0 Å². The Morgan fingerprint density at radius 3 is 2.63 bits per heavy atom. The van der Waals surface area contributed by atoms with Crippen molar-refractivity contribution < 1.29 is 19.4 Å². The number of hydrogen-bond acceptors (Lipinski definition) is 4. The van der Waals surface area contributed by atoms with E-state index in [9.17, 15) is 14.7 Å². The number of urea groups is 1. The van der Waals surface area contributed by atoms with Crippen molar-refractivity contribution in [2.45, 2.75) is 32.5 Å². The molecule has 1 aromatic rings. The summed E-state index contributed by atoms with van der Waals surface area (Å²) in [4.78, 5) is 22.1. The Kier molecular flexibility index (Phi) is 5.32. The molecule has 0 saturated heterocycles. The van der Waals surface area contributed by atoms with Gasteiger partial charge < -0.3 is 15.6 Å². The molecule has 1 aromatic carbocycles. The first-order valence-electron chi connectivity index (χ1n) is 5.99. The number of carbonyl (C=O) groups excluding carboxylic acids is 2. The molecule has 4 N–H and O–H groups in total. The van der Waals surface area contributed by atoms with E-state index in [0.29, 0.717) is 17.7 Å². The van der Waals surface area contributed by atoms with Crippen LogP contribution in [0.25, 0.3) is 0 Å². The molecule has 0 spiro atoms. The second-order valence-corrected chi connectivity index (χ2v) is 4.08. The Morgan fingerprint density at radius 2 is 2.05 bits per heavy atom. The van der Waals surface area contributed by atoms with Crippen molar-refractivity contribution in [3.8, 4) is 5.75 Å². The van der Waals surface area contributed by atoms with Gasteiger partial charge in [0.25, 0.3) is 5.91 Å². The van der Waals surface area contributed by atoms with Gasteiger partial charge in [-0.15, -0.1) is 0 Å². The highest BCUT2D eigenvalue weighted by Crippen LogP contribution is 2.27. The zero-order valence-electron chi connectivity index (χ0n) is 10.9. The summed E-state index contributed by atoms with van der Waals surface area (Å²) in [7, 11) is 0. The van der Waals surface area contributed by atoms with E-state index < -0.39 is 24.1 Å². The predicted octanol–water partition coefficient (Wildman–Crippen LogP) is 1.09. The summed E-state index contributed by atoms with van der Waals surface area (Å²) in [6.45, 7) is 3.33. The van der Waals surface area contributed by atoms with Crippen LogP contribution in [0, 0.1) is 0 Å². The van der Waals surface area contributed by atoms with Crippen molar-refractivity contribution in [3.63, 3.8) is 0 Å². The van der Waals surface area contributed by atoms with Gasteiger partial charge in [0, 0.05) is 5.56 Å². The molecule has 2 atom stereocenters. The molecule has 0 radical (unpaired) electrons. The number of para-hydroxylation sites is 1. The molecule has 0 fully saturated rings. The number of hydrogen-bond donors (Lipinski definition) is 3. The summed E-state index contributed by atoms with van der Waals surface area (Å²) in [5, 5.41) is 11.8. The van der Waals surface area contributed by atoms with Crippen molar-refractivity contribution in [3.05, 3.63) is 29.8 Å². The van der Waals surface area contributed by atoms with Crippen LogP contribution in [0.5, 0.6) is 5.75 Å². The van der Waals surface area contributed by atoms with Gasteiger partial charge in [-0.25, -0.2) is 4.79 Å². The third kappa shape index (κ3) is 4.26. The molecule has 3 amide bonds. The molecule has 0 aliphatic heterocycles. The molecule has 0 aliphatic carbocycles. The highest BCUT2D eigenvalue weighted by Gasteiger charge is 2.19. The number of rotatable bonds is 5. The Hall–Kier alpha value is -2.08. The lowest BCUT2D eigenvalue weighted by Gasteiger charge is -2.18. The number of nitrogens with two attached hydrogens (primary N) is 1. The number of imide groups is 1. The summed E-state index contributed by atoms with van der Waals surface area (Å²) in [6, 6.07) is 5.96. The fourth-order valence-corrected chi connectivity index (χ4v) is 1.55. The van der Waals surface area contributed by atoms with Crippen LogP contribution >= 0.6 is 0 Å². The number of primary amides is 1. The van der Waals surface area contributed by atoms with E-state index in [2.05, 4.69) is 0 Å². The maximum atomic E-state index is 11.5. The van der Waals surface area contributed by atoms with E-state index in [1.54, 1.807) is 24.3 Å². The lowest BCUT2D eigenvalue weighted by Crippen LogP contribution is -2.42. The highest BCUT2D eigenvalue weighted by molar-refractivity contribution is 5.95. The van der Waals surface area contributed by atoms with E-state index in [1.165, 1.54) is 6.92 Å². The van der Waals surface area contributed by atoms with E-state index >= 15 is 0 Å². The summed E-state index contributed by atoms with van der Waals surface area (Å²) in [5.74, 6) is -0.225. The average Bonchev–Trinajstić information content (AvgIpc) is 2.37. The van der Waals surface area contributed by atoms with Crippen molar-refractivity contribution in [1.29, 1.82) is 0 Å². The number of amides is 3. The van der Waals surface area contributed by atoms with Crippen LogP contribution in [0.4, 0.5) is 4.79 Å². The Balaban J connectivity index is 2.81. The molecule has 19 heavy (non-hydrogen) atoms. The normalized spacial score (nSPS) is 13.4. The van der Waals surface area contributed by atoms with Crippen LogP contribution in [0.15, 0.2) is 24.3 Å². The molecule has 6 heteroatoms. The quantitative estimate of drug-likeness (QED) is 0.742. The minimum Gasteiger partial charge on any atom is -0.481 e. The van der Waals surface area contributed by atoms with Gasteiger partial charge in [-0.1, -0.05) is 25.1 Å². The van der Waals surface area contributed by atoms with E-state index in [0.717, 1.165) is 0 Å². The smallest absolute Gasteiger partial charge is 0.318 e. The first-order valence-corrected chi connectivity index (χ1v) is 5.99. The zero-order valence-corrected chi connectivity index (χ0v) is 10.9. The lowest BCUT2D eigenvalue weighted by atomic mass is 10.1. The average molecular weight is 266 g/mol. The number of aliphatic hydroxyl groups excluding tert-OH is 1. The second kappa shape index (κ2) is 6.75. The predicted molar refractivity (Wildman–Crippen MR) is 69.5 cm³/mol. The molecular formula is C13H18N2O4. The van der Waals surface area contributed by atoms with Gasteiger partial charge in [0.1, 0.15) is 5.75 Å². The maximum absolute atomic E-state index is 11.5. The molecular weight excluding hydrogens is 248 g/mol. The first kappa shape index (κ1) is 15.0. The maximum Gasteiger partial charge on any atom is 0.318 e. The van der Waals surface area contributed by atoms with Gasteiger partial charge in [-0.3, -0.25) is 10.1 Å². The number of ether oxygens (including phenoxy) is 1. The Morgan fingerprint density at radius 1 is 1.42 bits per heavy atom. The highest BCUT2D eigenvalue weighted by atomic mass is 16.5. The fraction of sp³-hybridized carbons (Fsp3) is 0.385. The van der Waals surface area contributed by atoms with Crippen LogP contribution in [0.2, 0.25) is 0 Å². The standard InChI is InChI=1S/C13H18N2O4/c1-3-10(16)9-6-4-5-7-11(9)19-8(2)12(17)15-13(14)18/h4-8,10,16H,3H2,1-2H3,(H3,14,15,17,18)/t8?,10-/m0/s1. The number of nitrogens with one attached hydrogen (secondary N) is 1. The van der Waals surface area contributed by atoms with Gasteiger partial charge in [-0.05, 0) is 19.4 Å². The molecule has 0 saturated carbocycles. The largest absolute Gasteiger partial charge is 0.481 e. The first-order chi connectivity index (χ1) is 8.95. The van der Waals surface area contributed by atoms with E-state index in [1.807, 2.05) is 12.2 Å². The van der Waals surface area contributed by atoms with Crippen LogP contribution in [0.1, 0.15) is 31.9 Å². The summed E-state index contributed by atoms with van der Waals surface area (Å²) in [6.07, 6.45) is -1.03. The minimum absolute atomic E-state index is 0.406.